The highest BCUT2D eigenvalue weighted by Gasteiger charge is 2.46. The monoisotopic (exact) mass is 1040 g/mol. The molecule has 408 valence electrons. The fraction of sp³-hybridized carbons (Fsp3) is 0.673. The number of nitrogens with zero attached hydrogens (tertiary/aromatic N) is 5. The van der Waals surface area contributed by atoms with Crippen molar-refractivity contribution >= 4 is 65.0 Å². The number of carboxylic acid groups (broad SMARTS) is 3. The van der Waals surface area contributed by atoms with E-state index in [0.717, 1.165) is 30.5 Å². The number of para-hydroxylation sites is 1. The minimum Gasteiger partial charge on any atom is -0.481 e. The first-order chi connectivity index (χ1) is 35.3. The molecule has 3 fully saturated rings. The fourth-order valence-electron chi connectivity index (χ4n) is 10.3. The molecule has 74 heavy (non-hydrogen) atoms. The van der Waals surface area contributed by atoms with Gasteiger partial charge in [0, 0.05) is 71.6 Å². The van der Waals surface area contributed by atoms with Gasteiger partial charge in [0.1, 0.15) is 30.2 Å². The summed E-state index contributed by atoms with van der Waals surface area (Å²) in [5.41, 5.74) is 2.05. The van der Waals surface area contributed by atoms with E-state index in [1.807, 2.05) is 26.8 Å². The van der Waals surface area contributed by atoms with Crippen LogP contribution < -0.4 is 31.5 Å². The molecule has 0 saturated carbocycles. The van der Waals surface area contributed by atoms with Gasteiger partial charge in [-0.2, -0.15) is 0 Å². The lowest BCUT2D eigenvalue weighted by Crippen LogP contribution is -2.60. The maximum absolute atomic E-state index is 14.4. The van der Waals surface area contributed by atoms with E-state index < -0.39 is 102 Å². The van der Waals surface area contributed by atoms with Gasteiger partial charge < -0.3 is 56.6 Å². The summed E-state index contributed by atoms with van der Waals surface area (Å²) in [6.07, 6.45) is -0.167. The van der Waals surface area contributed by atoms with Crippen LogP contribution in [0.4, 0.5) is 5.69 Å². The Hall–Kier alpha value is -6.28. The summed E-state index contributed by atoms with van der Waals surface area (Å²) >= 11 is 0. The number of carbonyl (C=O) groups is 10. The lowest BCUT2D eigenvalue weighted by atomic mass is 9.96. The Morgan fingerprint density at radius 1 is 0.716 bits per heavy atom. The number of carboxylic acids is 3. The average Bonchev–Trinajstić information content (AvgIpc) is 3.88. The first-order valence-electron chi connectivity index (χ1n) is 25.6. The molecule has 0 aromatic heterocycles. The minimum atomic E-state index is -1.55. The third kappa shape index (κ3) is 16.1. The predicted molar refractivity (Wildman–Crippen MR) is 262 cm³/mol. The molecule has 25 nitrogen and oxygen atoms in total. The third-order valence-corrected chi connectivity index (χ3v) is 14.6. The van der Waals surface area contributed by atoms with E-state index in [1.54, 1.807) is 19.9 Å². The number of nitrogens with one attached hydrogen (secondary N) is 5. The second-order valence-electron chi connectivity index (χ2n) is 20.0. The maximum atomic E-state index is 14.4. The number of likely N-dealkylation sites (tertiary alicyclic amines) is 1. The number of ether oxygens (including phenoxy) is 1. The second kappa shape index (κ2) is 26.8. The number of piperidine rings is 1. The molecule has 0 bridgehead atoms. The Balaban J connectivity index is 0.980. The lowest BCUT2D eigenvalue weighted by Gasteiger charge is -2.35. The molecule has 5 heterocycles. The van der Waals surface area contributed by atoms with E-state index in [0.29, 0.717) is 76.8 Å². The largest absolute Gasteiger partial charge is 0.481 e. The number of benzene rings is 1. The standard InChI is InChI=1S/C49H72N10O15/c1-3-29(2)43(47(71)52-34-8-7-31-5-4-6-32-23-36(59(44(31)32)48(34)72)46(70)53-35-24-42(68)74-49(35)73)54-45(69)33(9-10-39(62)63)51-37(60)11-14-50-38(61)26-55-15-12-30(13-16-55)25-56-17-19-57(27-40(64)65)21-22-58(20-18-56)28-41(66)67/h4-6,29-30,33-36,43,49,73H,3,7-28H2,1-2H3,(H,50,61)(H,51,60)(H,52,71)(H,53,70)(H,54,69)(H,62,63)(H,64,65)(H,66,67)/t29-,33+,34-,35?,36-,43-,49?/m0/s1. The van der Waals surface area contributed by atoms with Crippen LogP contribution in [0.15, 0.2) is 18.2 Å². The van der Waals surface area contributed by atoms with E-state index in [9.17, 15) is 68.4 Å². The first-order valence-corrected chi connectivity index (χ1v) is 25.6. The van der Waals surface area contributed by atoms with Crippen molar-refractivity contribution < 1.29 is 73.1 Å². The van der Waals surface area contributed by atoms with Crippen molar-refractivity contribution in [2.45, 2.75) is 115 Å². The molecule has 6 rings (SSSR count). The van der Waals surface area contributed by atoms with Crippen LogP contribution in [0.3, 0.4) is 0 Å². The van der Waals surface area contributed by atoms with Crippen LogP contribution >= 0.6 is 0 Å². The summed E-state index contributed by atoms with van der Waals surface area (Å²) in [6, 6.07) is -0.391. The van der Waals surface area contributed by atoms with E-state index >= 15 is 0 Å². The quantitative estimate of drug-likeness (QED) is 0.0504. The Morgan fingerprint density at radius 3 is 1.93 bits per heavy atom. The predicted octanol–water partition coefficient (Wildman–Crippen LogP) is -2.69. The van der Waals surface area contributed by atoms with Gasteiger partial charge in [-0.05, 0) is 68.2 Å². The number of hydrogen-bond acceptors (Lipinski definition) is 16. The molecular formula is C49H72N10O15. The second-order valence-corrected chi connectivity index (χ2v) is 20.0. The van der Waals surface area contributed by atoms with Gasteiger partial charge in [0.05, 0.1) is 31.7 Å². The number of carbonyl (C=O) groups excluding carboxylic acids is 7. The number of aryl methyl sites for hydroxylation is 1. The van der Waals surface area contributed by atoms with Gasteiger partial charge in [-0.25, -0.2) is 0 Å². The maximum Gasteiger partial charge on any atom is 0.317 e. The van der Waals surface area contributed by atoms with Gasteiger partial charge in [0.25, 0.3) is 0 Å². The molecule has 1 aromatic carbocycles. The van der Waals surface area contributed by atoms with Crippen LogP contribution in [0.5, 0.6) is 0 Å². The van der Waals surface area contributed by atoms with Crippen molar-refractivity contribution in [3.63, 3.8) is 0 Å². The Kier molecular flexibility index (Phi) is 20.6. The molecule has 0 aliphatic carbocycles. The summed E-state index contributed by atoms with van der Waals surface area (Å²) in [6.45, 7) is 8.64. The van der Waals surface area contributed by atoms with Gasteiger partial charge in [0.2, 0.25) is 41.7 Å². The number of cyclic esters (lactones) is 1. The molecule has 5 aliphatic heterocycles. The fourth-order valence-corrected chi connectivity index (χ4v) is 10.3. The van der Waals surface area contributed by atoms with Crippen molar-refractivity contribution in [1.82, 2.24) is 46.2 Å². The number of rotatable bonds is 23. The normalized spacial score (nSPS) is 23.4. The van der Waals surface area contributed by atoms with Crippen LogP contribution in [0.1, 0.15) is 76.3 Å². The minimum absolute atomic E-state index is 0.0734. The van der Waals surface area contributed by atoms with E-state index in [4.69, 9.17) is 4.74 Å². The van der Waals surface area contributed by atoms with Gasteiger partial charge >= 0.3 is 23.9 Å². The molecular weight excluding hydrogens is 969 g/mol. The molecule has 25 heteroatoms. The highest BCUT2D eigenvalue weighted by atomic mass is 16.6. The first kappa shape index (κ1) is 57.0. The van der Waals surface area contributed by atoms with E-state index in [2.05, 4.69) is 31.5 Å². The van der Waals surface area contributed by atoms with Gasteiger partial charge in [-0.3, -0.25) is 67.5 Å². The van der Waals surface area contributed by atoms with Crippen molar-refractivity contribution in [2.24, 2.45) is 11.8 Å². The third-order valence-electron chi connectivity index (χ3n) is 14.6. The highest BCUT2D eigenvalue weighted by Crippen LogP contribution is 2.39. The summed E-state index contributed by atoms with van der Waals surface area (Å²) < 4.78 is 4.77. The molecule has 0 radical (unpaired) electrons. The van der Waals surface area contributed by atoms with E-state index in [-0.39, 0.29) is 64.2 Å². The van der Waals surface area contributed by atoms with Crippen LogP contribution in [0, 0.1) is 11.8 Å². The molecule has 6 amide bonds. The van der Waals surface area contributed by atoms with Crippen molar-refractivity contribution in [1.29, 1.82) is 0 Å². The summed E-state index contributed by atoms with van der Waals surface area (Å²) in [4.78, 5) is 138. The summed E-state index contributed by atoms with van der Waals surface area (Å²) in [5, 5.41) is 51.8. The van der Waals surface area contributed by atoms with Crippen molar-refractivity contribution in [3.05, 3.63) is 29.3 Å². The number of esters is 1. The van der Waals surface area contributed by atoms with Gasteiger partial charge in [-0.1, -0.05) is 38.5 Å². The highest BCUT2D eigenvalue weighted by molar-refractivity contribution is 6.08. The number of amides is 6. The van der Waals surface area contributed by atoms with Crippen LogP contribution in [0.25, 0.3) is 0 Å². The number of anilines is 1. The lowest BCUT2D eigenvalue weighted by molar-refractivity contribution is -0.155. The smallest absolute Gasteiger partial charge is 0.317 e. The number of aliphatic hydroxyl groups is 1. The topological polar surface area (TPSA) is 337 Å². The number of aliphatic carboxylic acids is 3. The molecule has 2 unspecified atom stereocenters. The summed E-state index contributed by atoms with van der Waals surface area (Å²) in [5.74, 6) is -7.67. The SMILES string of the molecule is CC[C@H](C)[C@H](NC(=O)[C@@H](CCC(=O)O)NC(=O)CCNC(=O)CN1CCC(CN2CCN(CC(=O)O)CCN(CC(=O)O)CC2)CC1)C(=O)N[C@H]1CCc2cccc3c2N(C1=O)[C@H](C(=O)NC1CC(=O)OC1O)C3. The van der Waals surface area contributed by atoms with Crippen LogP contribution in [-0.4, -0.2) is 221 Å². The Morgan fingerprint density at radius 2 is 1.34 bits per heavy atom. The van der Waals surface area contributed by atoms with Gasteiger partial charge in [-0.15, -0.1) is 0 Å². The molecule has 5 aliphatic rings. The van der Waals surface area contributed by atoms with E-state index in [1.165, 1.54) is 4.90 Å². The molecule has 1 aromatic rings. The molecule has 7 atom stereocenters. The average molecular weight is 1040 g/mol. The van der Waals surface area contributed by atoms with Crippen LogP contribution in [0.2, 0.25) is 0 Å². The number of hydrogen-bond donors (Lipinski definition) is 9. The molecule has 0 spiro atoms. The zero-order valence-electron chi connectivity index (χ0n) is 42.1. The molecule has 9 N–H and O–H groups in total. The number of aliphatic hydroxyl groups excluding tert-OH is 1. The van der Waals surface area contributed by atoms with Crippen molar-refractivity contribution in [3.8, 4) is 0 Å². The molecule has 3 saturated heterocycles. The Bertz CT molecular complexity index is 2220. The van der Waals surface area contributed by atoms with Crippen molar-refractivity contribution in [2.75, 3.05) is 90.0 Å². The summed E-state index contributed by atoms with van der Waals surface area (Å²) in [7, 11) is 0. The zero-order valence-corrected chi connectivity index (χ0v) is 42.1. The van der Waals surface area contributed by atoms with Crippen LogP contribution in [-0.2, 0) is 65.5 Å². The van der Waals surface area contributed by atoms with Gasteiger partial charge in [0.15, 0.2) is 0 Å². The zero-order chi connectivity index (χ0) is 53.6. The Labute approximate surface area is 429 Å².